The molecule has 20 rings (SSSR count). The predicted molar refractivity (Wildman–Crippen MR) is 441 cm³/mol. The van der Waals surface area contributed by atoms with E-state index in [1.165, 1.54) is 80.9 Å². The van der Waals surface area contributed by atoms with Gasteiger partial charge in [0.15, 0.2) is 34.9 Å². The van der Waals surface area contributed by atoms with Gasteiger partial charge in [0.1, 0.15) is 0 Å². The average Bonchev–Trinajstić information content (AvgIpc) is 1.71. The number of hydrogen-bond acceptors (Lipinski definition) is 12. The predicted octanol–water partition coefficient (Wildman–Crippen LogP) is 24.2. The van der Waals surface area contributed by atoms with Gasteiger partial charge in [-0.1, -0.05) is 260 Å². The zero-order valence-electron chi connectivity index (χ0n) is 55.3. The number of nitrogens with zero attached hydrogens (tertiary/aromatic N) is 6. The molecule has 0 atom stereocenters. The molecule has 6 heterocycles. The zero-order chi connectivity index (χ0) is 69.6. The molecule has 0 saturated carbocycles. The fraction of sp³-hybridized carbons (Fsp3) is 0. The molecule has 104 heavy (non-hydrogen) atoms. The molecule has 0 bridgehead atoms. The Morgan fingerprint density at radius 2 is 0.538 bits per heavy atom. The van der Waals surface area contributed by atoms with Crippen molar-refractivity contribution in [3.63, 3.8) is 0 Å². The van der Waals surface area contributed by atoms with Crippen LogP contribution in [0.3, 0.4) is 0 Å². The minimum atomic E-state index is -1.40. The minimum Gasteiger partial charge on any atom is -0.423 e. The minimum absolute atomic E-state index is 0.538. The van der Waals surface area contributed by atoms with E-state index in [4.69, 9.17) is 51.6 Å². The molecule has 14 aromatic carbocycles. The van der Waals surface area contributed by atoms with Gasteiger partial charge in [0.25, 0.3) is 0 Å². The van der Waals surface area contributed by atoms with Crippen molar-refractivity contribution in [2.24, 2.45) is 0 Å². The van der Waals surface area contributed by atoms with E-state index >= 15 is 0 Å². The smallest absolute Gasteiger partial charge is 0.423 e. The molecule has 0 radical (unpaired) electrons. The maximum Gasteiger partial charge on any atom is 0.488 e. The number of halogens is 1. The first-order chi connectivity index (χ1) is 51.3. The van der Waals surface area contributed by atoms with Gasteiger partial charge in [-0.15, -0.1) is 45.3 Å². The summed E-state index contributed by atoms with van der Waals surface area (Å²) in [5.41, 5.74) is 13.1. The van der Waals surface area contributed by atoms with Crippen molar-refractivity contribution < 1.29 is 10.0 Å². The van der Waals surface area contributed by atoms with Crippen LogP contribution >= 0.6 is 56.9 Å². The average molecular weight is 1430 g/mol. The van der Waals surface area contributed by atoms with E-state index in [9.17, 15) is 0 Å². The monoisotopic (exact) mass is 1430 g/mol. The summed E-state index contributed by atoms with van der Waals surface area (Å²) in [6.07, 6.45) is 0. The third-order valence-electron chi connectivity index (χ3n) is 18.7. The quantitative estimate of drug-likeness (QED) is 0.130. The van der Waals surface area contributed by atoms with Gasteiger partial charge in [-0.3, -0.25) is 0 Å². The molecule has 0 aliphatic heterocycles. The standard InChI is InChI=1S/C45H27N3S2.C33H20ClN3S.C12H9BO2S/c1-2-11-29(12-3-1)32-13-4-5-16-36(32)44-46-43(47-45(48-44)37-18-10-17-35-33-14-6-9-20-40(33)50-42(35)37)30-23-21-28(22-24-30)31-25-26-41-38(27-31)34-15-7-8-19-39(34)49-41;34-23-19-17-22(18-20-23)31-35-32(27-13-5-4-11-24(27)21-9-2-1-3-10-21)37-33(36-31)28-15-8-14-26-25-12-6-7-16-29(25)38-30(26)28;14-13(15)8-5-6-12-10(7-8)9-3-1-2-4-11(9)16-12/h1-27H;1-20H;1-7,14-15H. The Bertz CT molecular complexity index is 6620. The highest BCUT2D eigenvalue weighted by atomic mass is 35.5. The molecule has 2 N–H and O–H groups in total. The van der Waals surface area contributed by atoms with E-state index in [0.29, 0.717) is 45.4 Å². The summed E-state index contributed by atoms with van der Waals surface area (Å²) < 4.78 is 9.87. The number of benzene rings is 14. The molecule has 0 amide bonds. The Labute approximate surface area is 619 Å². The lowest BCUT2D eigenvalue weighted by Crippen LogP contribution is -2.29. The summed E-state index contributed by atoms with van der Waals surface area (Å²) in [4.78, 5) is 30.6. The van der Waals surface area contributed by atoms with Gasteiger partial charge in [-0.2, -0.15) is 0 Å². The van der Waals surface area contributed by atoms with Crippen molar-refractivity contribution in [3.05, 3.63) is 333 Å². The normalized spacial score (nSPS) is 11.4. The van der Waals surface area contributed by atoms with Gasteiger partial charge in [0, 0.05) is 114 Å². The second-order valence-corrected chi connectivity index (χ2v) is 29.8. The summed E-state index contributed by atoms with van der Waals surface area (Å²) in [7, 11) is -1.40. The first-order valence-corrected chi connectivity index (χ1v) is 37.6. The highest BCUT2D eigenvalue weighted by Crippen LogP contribution is 2.44. The summed E-state index contributed by atoms with van der Waals surface area (Å²) in [6.45, 7) is 0. The molecule has 0 aliphatic carbocycles. The highest BCUT2D eigenvalue weighted by Gasteiger charge is 2.22. The van der Waals surface area contributed by atoms with Crippen LogP contribution in [0.15, 0.2) is 328 Å². The molecule has 14 heteroatoms. The lowest BCUT2D eigenvalue weighted by atomic mass is 9.80. The third kappa shape index (κ3) is 12.5. The second kappa shape index (κ2) is 27.9. The van der Waals surface area contributed by atoms with Crippen LogP contribution in [0.4, 0.5) is 0 Å². The Kier molecular flexibility index (Phi) is 17.3. The van der Waals surface area contributed by atoms with Crippen LogP contribution < -0.4 is 5.46 Å². The van der Waals surface area contributed by atoms with E-state index in [1.807, 2.05) is 96.3 Å². The first-order valence-electron chi connectivity index (χ1n) is 34.0. The molecule has 0 saturated heterocycles. The summed E-state index contributed by atoms with van der Waals surface area (Å²) >= 11 is 13.3. The van der Waals surface area contributed by atoms with Crippen LogP contribution in [0.5, 0.6) is 0 Å². The number of hydrogen-bond donors (Lipinski definition) is 2. The Hall–Kier alpha value is -11.7. The summed E-state index contributed by atoms with van der Waals surface area (Å²) in [5, 5.41) is 28.8. The Morgan fingerprint density at radius 1 is 0.221 bits per heavy atom. The molecule has 6 aromatic heterocycles. The third-order valence-corrected chi connectivity index (χ3v) is 23.7. The molecule has 20 aromatic rings. The van der Waals surface area contributed by atoms with Gasteiger partial charge in [0.05, 0.1) is 0 Å². The van der Waals surface area contributed by atoms with Crippen molar-refractivity contribution in [2.45, 2.75) is 0 Å². The number of aromatic nitrogens is 6. The molecule has 0 aliphatic rings. The number of rotatable bonds is 10. The molecule has 8 nitrogen and oxygen atoms in total. The first kappa shape index (κ1) is 64.4. The maximum atomic E-state index is 9.15. The van der Waals surface area contributed by atoms with Crippen LogP contribution in [0.2, 0.25) is 5.02 Å². The van der Waals surface area contributed by atoms with E-state index in [2.05, 4.69) is 237 Å². The lowest BCUT2D eigenvalue weighted by molar-refractivity contribution is 0.426. The van der Waals surface area contributed by atoms with Crippen LogP contribution in [0.25, 0.3) is 182 Å². The molecule has 492 valence electrons. The van der Waals surface area contributed by atoms with Gasteiger partial charge < -0.3 is 10.0 Å². The molecule has 0 spiro atoms. The second-order valence-electron chi connectivity index (χ2n) is 25.1. The highest BCUT2D eigenvalue weighted by molar-refractivity contribution is 7.27. The fourth-order valence-electron chi connectivity index (χ4n) is 13.7. The molecular weight excluding hydrogens is 1370 g/mol. The number of fused-ring (bicyclic) bond motifs is 12. The van der Waals surface area contributed by atoms with E-state index in [1.54, 1.807) is 40.1 Å². The van der Waals surface area contributed by atoms with E-state index in [0.717, 1.165) is 66.6 Å². The summed E-state index contributed by atoms with van der Waals surface area (Å²) in [5.74, 6) is 3.88. The van der Waals surface area contributed by atoms with Gasteiger partial charge in [-0.25, -0.2) is 29.9 Å². The Balaban J connectivity index is 0.000000125. The van der Waals surface area contributed by atoms with Crippen LogP contribution in [-0.2, 0) is 0 Å². The van der Waals surface area contributed by atoms with Gasteiger partial charge in [-0.05, 0) is 123 Å². The van der Waals surface area contributed by atoms with Crippen molar-refractivity contribution in [1.29, 1.82) is 0 Å². The Morgan fingerprint density at radius 3 is 1.00 bits per heavy atom. The molecule has 0 unspecified atom stereocenters. The van der Waals surface area contributed by atoms with Crippen molar-refractivity contribution in [2.75, 3.05) is 0 Å². The SMILES string of the molecule is Clc1ccc(-c2nc(-c3ccccc3-c3ccccc3)nc(-c3cccc4c3sc3ccccc34)n2)cc1.OB(O)c1ccc2sc3ccccc3c2c1.c1ccc(-c2ccccc2-c2nc(-c3ccc(-c4ccc5sc6ccccc6c5c4)cc3)nc(-c3cccc4c3sc3ccccc34)n2)cc1. The zero-order valence-corrected chi connectivity index (χ0v) is 59.4. The van der Waals surface area contributed by atoms with Crippen molar-refractivity contribution in [1.82, 2.24) is 29.9 Å². The largest absolute Gasteiger partial charge is 0.488 e. The lowest BCUT2D eigenvalue weighted by Gasteiger charge is -2.12. The number of thiophene rings is 4. The molecular formula is C90H56BClN6O2S4. The van der Waals surface area contributed by atoms with Gasteiger partial charge >= 0.3 is 7.12 Å². The van der Waals surface area contributed by atoms with Crippen LogP contribution in [0, 0.1) is 0 Å². The van der Waals surface area contributed by atoms with Gasteiger partial charge in [0.2, 0.25) is 0 Å². The van der Waals surface area contributed by atoms with E-state index < -0.39 is 7.12 Å². The topological polar surface area (TPSA) is 118 Å². The fourth-order valence-corrected chi connectivity index (χ4v) is 18.4. The van der Waals surface area contributed by atoms with Crippen molar-refractivity contribution in [3.8, 4) is 102 Å². The van der Waals surface area contributed by atoms with Crippen LogP contribution in [0.1, 0.15) is 0 Å². The van der Waals surface area contributed by atoms with Crippen molar-refractivity contribution >= 4 is 150 Å². The molecule has 0 fully saturated rings. The maximum absolute atomic E-state index is 9.15. The van der Waals surface area contributed by atoms with E-state index in [-0.39, 0.29) is 0 Å². The summed E-state index contributed by atoms with van der Waals surface area (Å²) in [6, 6.07) is 113. The van der Waals surface area contributed by atoms with Crippen LogP contribution in [-0.4, -0.2) is 47.1 Å².